The lowest BCUT2D eigenvalue weighted by Crippen LogP contribution is -1.85. The summed E-state index contributed by atoms with van der Waals surface area (Å²) in [5, 5.41) is 0.426. The van der Waals surface area contributed by atoms with Gasteiger partial charge in [0.05, 0.1) is 0 Å². The van der Waals surface area contributed by atoms with E-state index >= 15 is 0 Å². The van der Waals surface area contributed by atoms with Crippen molar-refractivity contribution < 1.29 is 4.39 Å². The lowest BCUT2D eigenvalue weighted by atomic mass is 10.2. The molecule has 2 heteroatoms. The van der Waals surface area contributed by atoms with E-state index in [9.17, 15) is 4.39 Å². The van der Waals surface area contributed by atoms with E-state index in [4.69, 9.17) is 11.6 Å². The summed E-state index contributed by atoms with van der Waals surface area (Å²) in [7, 11) is 0. The van der Waals surface area contributed by atoms with E-state index in [0.29, 0.717) is 17.0 Å². The second kappa shape index (κ2) is 3.02. The van der Waals surface area contributed by atoms with Crippen LogP contribution in [0.3, 0.4) is 0 Å². The van der Waals surface area contributed by atoms with Crippen LogP contribution in [-0.2, 0) is 6.42 Å². The van der Waals surface area contributed by atoms with Crippen molar-refractivity contribution in [2.45, 2.75) is 6.42 Å². The molecule has 0 spiro atoms. The maximum absolute atomic E-state index is 12.7. The van der Waals surface area contributed by atoms with Gasteiger partial charge in [-0.05, 0) is 31.0 Å². The van der Waals surface area contributed by atoms with E-state index in [1.54, 1.807) is 12.1 Å². The van der Waals surface area contributed by atoms with Crippen LogP contribution < -0.4 is 0 Å². The van der Waals surface area contributed by atoms with Crippen LogP contribution in [0.1, 0.15) is 5.56 Å². The molecule has 0 amide bonds. The predicted molar refractivity (Wildman–Crippen MR) is 40.5 cm³/mol. The minimum atomic E-state index is -0.275. The minimum Gasteiger partial charge on any atom is -0.207 e. The molecule has 0 aliphatic rings. The van der Waals surface area contributed by atoms with Gasteiger partial charge in [0.1, 0.15) is 5.82 Å². The smallest absolute Gasteiger partial charge is 0.127 e. The second-order valence-electron chi connectivity index (χ2n) is 1.99. The number of benzene rings is 1. The first kappa shape index (κ1) is 7.55. The standard InChI is InChI=1S/C8H7ClF/c1-2-6-3-4-7(9)5-8(6)10/h3-5H,1-2H2. The van der Waals surface area contributed by atoms with Gasteiger partial charge in [-0.3, -0.25) is 0 Å². The third-order valence-corrected chi connectivity index (χ3v) is 1.52. The highest BCUT2D eigenvalue weighted by atomic mass is 35.5. The summed E-state index contributed by atoms with van der Waals surface area (Å²) in [5.74, 6) is -0.275. The summed E-state index contributed by atoms with van der Waals surface area (Å²) in [6.45, 7) is 3.56. The molecule has 0 heterocycles. The Bertz CT molecular complexity index is 233. The van der Waals surface area contributed by atoms with Gasteiger partial charge in [-0.1, -0.05) is 17.7 Å². The largest absolute Gasteiger partial charge is 0.207 e. The fourth-order valence-corrected chi connectivity index (χ4v) is 0.883. The van der Waals surface area contributed by atoms with Crippen LogP contribution in [0.5, 0.6) is 0 Å². The maximum atomic E-state index is 12.7. The molecule has 10 heavy (non-hydrogen) atoms. The van der Waals surface area contributed by atoms with Crippen LogP contribution in [0, 0.1) is 12.7 Å². The van der Waals surface area contributed by atoms with Gasteiger partial charge >= 0.3 is 0 Å². The lowest BCUT2D eigenvalue weighted by molar-refractivity contribution is 0.615. The van der Waals surface area contributed by atoms with Gasteiger partial charge in [0.25, 0.3) is 0 Å². The third kappa shape index (κ3) is 1.48. The normalized spacial score (nSPS) is 9.90. The van der Waals surface area contributed by atoms with Crippen molar-refractivity contribution in [1.29, 1.82) is 0 Å². The number of hydrogen-bond acceptors (Lipinski definition) is 0. The van der Waals surface area contributed by atoms with E-state index < -0.39 is 0 Å². The molecule has 0 aliphatic carbocycles. The molecular weight excluding hydrogens is 151 g/mol. The fourth-order valence-electron chi connectivity index (χ4n) is 0.724. The fraction of sp³-hybridized carbons (Fsp3) is 0.125. The van der Waals surface area contributed by atoms with Gasteiger partial charge < -0.3 is 0 Å². The first-order chi connectivity index (χ1) is 4.74. The number of rotatable bonds is 1. The molecular formula is C8H7ClF. The molecule has 0 aromatic heterocycles. The van der Waals surface area contributed by atoms with Gasteiger partial charge in [0, 0.05) is 5.02 Å². The molecule has 0 bridgehead atoms. The summed E-state index contributed by atoms with van der Waals surface area (Å²) in [5.41, 5.74) is 0.601. The molecule has 0 saturated carbocycles. The van der Waals surface area contributed by atoms with Crippen molar-refractivity contribution in [3.05, 3.63) is 41.5 Å². The lowest BCUT2D eigenvalue weighted by Gasteiger charge is -1.97. The molecule has 1 radical (unpaired) electrons. The monoisotopic (exact) mass is 157 g/mol. The van der Waals surface area contributed by atoms with Crippen molar-refractivity contribution in [3.8, 4) is 0 Å². The zero-order chi connectivity index (χ0) is 7.56. The van der Waals surface area contributed by atoms with Gasteiger partial charge in [-0.25, -0.2) is 4.39 Å². The molecule has 1 aromatic carbocycles. The van der Waals surface area contributed by atoms with E-state index in [2.05, 4.69) is 6.92 Å². The van der Waals surface area contributed by atoms with Crippen LogP contribution in [0.25, 0.3) is 0 Å². The van der Waals surface area contributed by atoms with E-state index in [0.717, 1.165) is 0 Å². The molecule has 0 nitrogen and oxygen atoms in total. The minimum absolute atomic E-state index is 0.275. The van der Waals surface area contributed by atoms with Crippen LogP contribution in [0.2, 0.25) is 5.02 Å². The highest BCUT2D eigenvalue weighted by Gasteiger charge is 1.98. The van der Waals surface area contributed by atoms with Crippen molar-refractivity contribution in [1.82, 2.24) is 0 Å². The molecule has 0 unspecified atom stereocenters. The first-order valence-corrected chi connectivity index (χ1v) is 3.35. The number of hydrogen-bond donors (Lipinski definition) is 0. The summed E-state index contributed by atoms with van der Waals surface area (Å²) < 4.78 is 12.7. The average molecular weight is 158 g/mol. The molecule has 0 saturated heterocycles. The Morgan fingerprint density at radius 2 is 2.20 bits per heavy atom. The van der Waals surface area contributed by atoms with Crippen LogP contribution in [-0.4, -0.2) is 0 Å². The highest BCUT2D eigenvalue weighted by Crippen LogP contribution is 2.14. The van der Waals surface area contributed by atoms with Crippen molar-refractivity contribution in [2.24, 2.45) is 0 Å². The Labute approximate surface area is 64.6 Å². The highest BCUT2D eigenvalue weighted by molar-refractivity contribution is 6.30. The SMILES string of the molecule is [CH2]Cc1ccc(Cl)cc1F. The summed E-state index contributed by atoms with van der Waals surface area (Å²) in [6, 6.07) is 4.60. The molecule has 0 atom stereocenters. The number of halogens is 2. The van der Waals surface area contributed by atoms with Gasteiger partial charge in [0.15, 0.2) is 0 Å². The summed E-state index contributed by atoms with van der Waals surface area (Å²) in [4.78, 5) is 0. The third-order valence-electron chi connectivity index (χ3n) is 1.28. The average Bonchev–Trinajstić information content (AvgIpc) is 1.88. The van der Waals surface area contributed by atoms with E-state index in [1.165, 1.54) is 6.07 Å². The van der Waals surface area contributed by atoms with Crippen molar-refractivity contribution in [2.75, 3.05) is 0 Å². The molecule has 1 rings (SSSR count). The molecule has 53 valence electrons. The van der Waals surface area contributed by atoms with Gasteiger partial charge in [-0.2, -0.15) is 0 Å². The Kier molecular flexibility index (Phi) is 2.28. The summed E-state index contributed by atoms with van der Waals surface area (Å²) >= 11 is 5.51. The van der Waals surface area contributed by atoms with Crippen molar-refractivity contribution in [3.63, 3.8) is 0 Å². The maximum Gasteiger partial charge on any atom is 0.127 e. The molecule has 0 fully saturated rings. The Balaban J connectivity index is 3.07. The topological polar surface area (TPSA) is 0 Å². The quantitative estimate of drug-likeness (QED) is 0.588. The van der Waals surface area contributed by atoms with Gasteiger partial charge in [-0.15, -0.1) is 0 Å². The van der Waals surface area contributed by atoms with Crippen molar-refractivity contribution >= 4 is 11.6 Å². The Morgan fingerprint density at radius 3 is 2.70 bits per heavy atom. The Morgan fingerprint density at radius 1 is 1.50 bits per heavy atom. The van der Waals surface area contributed by atoms with Gasteiger partial charge in [0.2, 0.25) is 0 Å². The van der Waals surface area contributed by atoms with Crippen LogP contribution in [0.4, 0.5) is 4.39 Å². The first-order valence-electron chi connectivity index (χ1n) is 2.97. The van der Waals surface area contributed by atoms with Crippen LogP contribution in [0.15, 0.2) is 18.2 Å². The summed E-state index contributed by atoms with van der Waals surface area (Å²) in [6.07, 6.45) is 0.461. The second-order valence-corrected chi connectivity index (χ2v) is 2.42. The molecule has 1 aromatic rings. The molecule has 0 N–H and O–H groups in total. The molecule has 0 aliphatic heterocycles. The zero-order valence-electron chi connectivity index (χ0n) is 5.40. The predicted octanol–water partition coefficient (Wildman–Crippen LogP) is 2.86. The van der Waals surface area contributed by atoms with Crippen LogP contribution >= 0.6 is 11.6 Å². The zero-order valence-corrected chi connectivity index (χ0v) is 6.16. The Hall–Kier alpha value is -0.560. The van der Waals surface area contributed by atoms with E-state index in [1.807, 2.05) is 0 Å². The van der Waals surface area contributed by atoms with E-state index in [-0.39, 0.29) is 5.82 Å².